The highest BCUT2D eigenvalue weighted by Crippen LogP contribution is 2.15. The Hall–Kier alpha value is -2.54. The third-order valence-corrected chi connectivity index (χ3v) is 4.14. The minimum atomic E-state index is -3.51. The number of halogens is 1. The highest BCUT2D eigenvalue weighted by Gasteiger charge is 2.08. The van der Waals surface area contributed by atoms with Crippen molar-refractivity contribution in [2.75, 3.05) is 0 Å². The van der Waals surface area contributed by atoms with E-state index >= 15 is 0 Å². The Labute approximate surface area is 126 Å². The van der Waals surface area contributed by atoms with Crippen molar-refractivity contribution in [2.45, 2.75) is 5.75 Å². The molecule has 2 aromatic carbocycles. The fourth-order valence-corrected chi connectivity index (χ4v) is 2.87. The number of sulfone groups is 1. The predicted molar refractivity (Wildman–Crippen MR) is 81.2 cm³/mol. The van der Waals surface area contributed by atoms with Gasteiger partial charge in [0.25, 0.3) is 5.69 Å². The summed E-state index contributed by atoms with van der Waals surface area (Å²) in [4.78, 5) is 9.99. The van der Waals surface area contributed by atoms with Gasteiger partial charge in [0.2, 0.25) is 0 Å². The van der Waals surface area contributed by atoms with E-state index in [0.29, 0.717) is 11.1 Å². The molecule has 7 heteroatoms. The van der Waals surface area contributed by atoms with E-state index in [1.165, 1.54) is 54.6 Å². The summed E-state index contributed by atoms with van der Waals surface area (Å²) in [5.41, 5.74) is 0.953. The van der Waals surface area contributed by atoms with E-state index in [1.54, 1.807) is 0 Å². The first-order chi connectivity index (χ1) is 10.4. The second kappa shape index (κ2) is 6.48. The summed E-state index contributed by atoms with van der Waals surface area (Å²) in [5, 5.41) is 11.6. The number of rotatable bonds is 5. The Morgan fingerprint density at radius 2 is 1.64 bits per heavy atom. The van der Waals surface area contributed by atoms with Crippen LogP contribution >= 0.6 is 0 Å². The monoisotopic (exact) mass is 321 g/mol. The average Bonchev–Trinajstić information content (AvgIpc) is 2.48. The van der Waals surface area contributed by atoms with Crippen LogP contribution in [0.3, 0.4) is 0 Å². The highest BCUT2D eigenvalue weighted by atomic mass is 32.2. The van der Waals surface area contributed by atoms with Crippen LogP contribution in [0.15, 0.2) is 53.9 Å². The van der Waals surface area contributed by atoms with Gasteiger partial charge in [0.1, 0.15) is 5.82 Å². The lowest BCUT2D eigenvalue weighted by Gasteiger charge is -2.00. The summed E-state index contributed by atoms with van der Waals surface area (Å²) in [6.45, 7) is 0. The van der Waals surface area contributed by atoms with E-state index in [9.17, 15) is 22.9 Å². The molecule has 2 rings (SSSR count). The number of nitrogens with zero attached hydrogens (tertiary/aromatic N) is 1. The quantitative estimate of drug-likeness (QED) is 0.625. The standard InChI is InChI=1S/C15H12FNO4S/c16-14-5-1-13(2-6-14)11-22(20,21)10-9-12-3-7-15(8-4-12)17(18)19/h1-10H,11H2. The van der Waals surface area contributed by atoms with Crippen LogP contribution in [0, 0.1) is 15.9 Å². The molecule has 0 N–H and O–H groups in total. The van der Waals surface area contributed by atoms with Crippen molar-refractivity contribution in [3.05, 3.63) is 81.0 Å². The third kappa shape index (κ3) is 4.49. The summed E-state index contributed by atoms with van der Waals surface area (Å²) in [7, 11) is -3.51. The summed E-state index contributed by atoms with van der Waals surface area (Å²) in [6.07, 6.45) is 1.36. The van der Waals surface area contributed by atoms with Gasteiger partial charge in [-0.2, -0.15) is 0 Å². The van der Waals surface area contributed by atoms with Crippen molar-refractivity contribution in [1.82, 2.24) is 0 Å². The molecule has 0 aliphatic heterocycles. The molecule has 2 aromatic rings. The molecule has 0 fully saturated rings. The second-order valence-corrected chi connectivity index (χ2v) is 6.47. The van der Waals surface area contributed by atoms with Crippen molar-refractivity contribution < 1.29 is 17.7 Å². The first-order valence-electron chi connectivity index (χ1n) is 6.25. The smallest absolute Gasteiger partial charge is 0.258 e. The van der Waals surface area contributed by atoms with Crippen LogP contribution in [0.1, 0.15) is 11.1 Å². The molecule has 22 heavy (non-hydrogen) atoms. The molecule has 5 nitrogen and oxygen atoms in total. The summed E-state index contributed by atoms with van der Waals surface area (Å²) in [5.74, 6) is -0.668. The zero-order chi connectivity index (χ0) is 16.2. The molecule has 0 saturated carbocycles. The van der Waals surface area contributed by atoms with Gasteiger partial charge in [-0.15, -0.1) is 0 Å². The first-order valence-corrected chi connectivity index (χ1v) is 7.97. The molecule has 0 aliphatic carbocycles. The second-order valence-electron chi connectivity index (χ2n) is 4.59. The Bertz CT molecular complexity index is 796. The molecule has 0 aliphatic rings. The van der Waals surface area contributed by atoms with Gasteiger partial charge in [-0.25, -0.2) is 12.8 Å². The van der Waals surface area contributed by atoms with Crippen LogP contribution in [-0.4, -0.2) is 13.3 Å². The van der Waals surface area contributed by atoms with Gasteiger partial charge < -0.3 is 0 Å². The summed E-state index contributed by atoms with van der Waals surface area (Å²) in [6, 6.07) is 10.7. The molecule has 0 spiro atoms. The number of non-ortho nitro benzene ring substituents is 1. The molecule has 114 valence electrons. The molecule has 0 saturated heterocycles. The van der Waals surface area contributed by atoms with E-state index in [4.69, 9.17) is 0 Å². The van der Waals surface area contributed by atoms with Gasteiger partial charge in [0.15, 0.2) is 9.84 Å². The Balaban J connectivity index is 2.10. The minimum absolute atomic E-state index is 0.0636. The van der Waals surface area contributed by atoms with E-state index in [-0.39, 0.29) is 11.4 Å². The zero-order valence-electron chi connectivity index (χ0n) is 11.3. The van der Waals surface area contributed by atoms with Gasteiger partial charge in [-0.05, 0) is 41.5 Å². The number of benzene rings is 2. The summed E-state index contributed by atoms with van der Waals surface area (Å²) >= 11 is 0. The van der Waals surface area contributed by atoms with Gasteiger partial charge in [0, 0.05) is 17.5 Å². The van der Waals surface area contributed by atoms with Gasteiger partial charge in [-0.3, -0.25) is 10.1 Å². The third-order valence-electron chi connectivity index (χ3n) is 2.85. The predicted octanol–water partition coefficient (Wildman–Crippen LogP) is 3.32. The largest absolute Gasteiger partial charge is 0.269 e. The Morgan fingerprint density at radius 3 is 2.18 bits per heavy atom. The zero-order valence-corrected chi connectivity index (χ0v) is 12.2. The van der Waals surface area contributed by atoms with E-state index < -0.39 is 20.6 Å². The molecule has 0 unspecified atom stereocenters. The maximum Gasteiger partial charge on any atom is 0.269 e. The molecule has 0 atom stereocenters. The number of hydrogen-bond acceptors (Lipinski definition) is 4. The van der Waals surface area contributed by atoms with Crippen LogP contribution in [-0.2, 0) is 15.6 Å². The van der Waals surface area contributed by atoms with Crippen LogP contribution < -0.4 is 0 Å². The Morgan fingerprint density at radius 1 is 1.05 bits per heavy atom. The molecule has 0 aromatic heterocycles. The van der Waals surface area contributed by atoms with Gasteiger partial charge >= 0.3 is 0 Å². The Kier molecular flexibility index (Phi) is 4.67. The lowest BCUT2D eigenvalue weighted by molar-refractivity contribution is -0.384. The van der Waals surface area contributed by atoms with Crippen molar-refractivity contribution in [3.8, 4) is 0 Å². The van der Waals surface area contributed by atoms with Crippen molar-refractivity contribution >= 4 is 21.6 Å². The molecule has 0 heterocycles. The molecule has 0 bridgehead atoms. The fraction of sp³-hybridized carbons (Fsp3) is 0.0667. The summed E-state index contributed by atoms with van der Waals surface area (Å²) < 4.78 is 36.7. The lowest BCUT2D eigenvalue weighted by Crippen LogP contribution is -1.99. The van der Waals surface area contributed by atoms with Gasteiger partial charge in [0.05, 0.1) is 10.7 Å². The van der Waals surface area contributed by atoms with Crippen molar-refractivity contribution in [1.29, 1.82) is 0 Å². The number of hydrogen-bond donors (Lipinski definition) is 0. The molecular formula is C15H12FNO4S. The minimum Gasteiger partial charge on any atom is -0.258 e. The molecular weight excluding hydrogens is 309 g/mol. The maximum atomic E-state index is 12.8. The highest BCUT2D eigenvalue weighted by molar-refractivity contribution is 7.93. The fourth-order valence-electron chi connectivity index (χ4n) is 1.75. The van der Waals surface area contributed by atoms with Gasteiger partial charge in [-0.1, -0.05) is 12.1 Å². The maximum absolute atomic E-state index is 12.8. The molecule has 0 amide bonds. The number of nitro groups is 1. The normalized spacial score (nSPS) is 11.7. The average molecular weight is 321 g/mol. The van der Waals surface area contributed by atoms with Crippen molar-refractivity contribution in [3.63, 3.8) is 0 Å². The van der Waals surface area contributed by atoms with Crippen LogP contribution in [0.2, 0.25) is 0 Å². The lowest BCUT2D eigenvalue weighted by atomic mass is 10.2. The van der Waals surface area contributed by atoms with Crippen molar-refractivity contribution in [2.24, 2.45) is 0 Å². The number of nitro benzene ring substituents is 1. The first kappa shape index (κ1) is 15.8. The van der Waals surface area contributed by atoms with Crippen LogP contribution in [0.4, 0.5) is 10.1 Å². The topological polar surface area (TPSA) is 77.3 Å². The van der Waals surface area contributed by atoms with E-state index in [2.05, 4.69) is 0 Å². The van der Waals surface area contributed by atoms with Crippen LogP contribution in [0.5, 0.6) is 0 Å². The SMILES string of the molecule is O=[N+]([O-])c1ccc(C=CS(=O)(=O)Cc2ccc(F)cc2)cc1. The van der Waals surface area contributed by atoms with E-state index in [0.717, 1.165) is 5.41 Å². The molecule has 0 radical (unpaired) electrons. The van der Waals surface area contributed by atoms with Crippen LogP contribution in [0.25, 0.3) is 6.08 Å². The van der Waals surface area contributed by atoms with E-state index in [1.807, 2.05) is 0 Å².